The van der Waals surface area contributed by atoms with E-state index in [9.17, 15) is 18.0 Å². The molecule has 3 aromatic rings. The molecule has 2 amide bonds. The van der Waals surface area contributed by atoms with Gasteiger partial charge < -0.3 is 16.0 Å². The largest absolute Gasteiger partial charge is 0.350 e. The average molecular weight is 536 g/mol. The zero-order chi connectivity index (χ0) is 27.1. The van der Waals surface area contributed by atoms with Gasteiger partial charge in [-0.15, -0.1) is 0 Å². The Morgan fingerprint density at radius 3 is 2.18 bits per heavy atom. The van der Waals surface area contributed by atoms with E-state index in [2.05, 4.69) is 15.0 Å². The van der Waals surface area contributed by atoms with Gasteiger partial charge in [0.1, 0.15) is 12.1 Å². The zero-order valence-corrected chi connectivity index (χ0v) is 22.1. The van der Waals surface area contributed by atoms with Gasteiger partial charge in [-0.3, -0.25) is 14.6 Å². The van der Waals surface area contributed by atoms with Crippen molar-refractivity contribution in [2.45, 2.75) is 43.9 Å². The van der Waals surface area contributed by atoms with Crippen molar-refractivity contribution in [2.75, 3.05) is 12.8 Å². The van der Waals surface area contributed by atoms with E-state index in [1.807, 2.05) is 72.8 Å². The molecule has 2 aromatic carbocycles. The van der Waals surface area contributed by atoms with E-state index in [-0.39, 0.29) is 12.5 Å². The molecule has 0 saturated carbocycles. The lowest BCUT2D eigenvalue weighted by Crippen LogP contribution is -2.55. The first-order valence-corrected chi connectivity index (χ1v) is 14.4. The molecule has 2 atom stereocenters. The van der Waals surface area contributed by atoms with E-state index in [0.717, 1.165) is 28.6 Å². The van der Waals surface area contributed by atoms with Crippen LogP contribution >= 0.6 is 0 Å². The zero-order valence-electron chi connectivity index (χ0n) is 21.3. The number of hydrogen-bond acceptors (Lipinski definition) is 6. The van der Waals surface area contributed by atoms with Crippen molar-refractivity contribution in [2.24, 2.45) is 5.73 Å². The standard InChI is InChI=1S/C28H33N5O4S/c1-38(36,37)32-26(25(21-9-4-2-5-10-21)22-11-6-3-7-12-22)28(35)33-16-8-13-24(33)27(34)31-19-20-14-15-23(17-29)30-18-20/h2-7,9-12,14-15,18,24-26,32H,8,13,16-17,19,29H2,1H3,(H,31,34)/t24-,26+/m0/s1. The Balaban J connectivity index is 1.60. The maximum Gasteiger partial charge on any atom is 0.243 e. The van der Waals surface area contributed by atoms with Crippen LogP contribution in [0.2, 0.25) is 0 Å². The summed E-state index contributed by atoms with van der Waals surface area (Å²) in [6.07, 6.45) is 3.84. The third kappa shape index (κ3) is 6.83. The van der Waals surface area contributed by atoms with Crippen molar-refractivity contribution in [1.29, 1.82) is 0 Å². The van der Waals surface area contributed by atoms with Gasteiger partial charge in [-0.1, -0.05) is 66.7 Å². The summed E-state index contributed by atoms with van der Waals surface area (Å²) in [6, 6.07) is 20.5. The number of sulfonamides is 1. The Morgan fingerprint density at radius 2 is 1.66 bits per heavy atom. The lowest BCUT2D eigenvalue weighted by Gasteiger charge is -2.33. The molecule has 0 bridgehead atoms. The van der Waals surface area contributed by atoms with E-state index >= 15 is 0 Å². The van der Waals surface area contributed by atoms with Crippen molar-refractivity contribution in [1.82, 2.24) is 19.9 Å². The summed E-state index contributed by atoms with van der Waals surface area (Å²) >= 11 is 0. The van der Waals surface area contributed by atoms with Gasteiger partial charge in [0, 0.05) is 31.7 Å². The fourth-order valence-corrected chi connectivity index (χ4v) is 5.56. The number of carbonyl (C=O) groups is 2. The maximum absolute atomic E-state index is 14.1. The number of nitrogens with zero attached hydrogens (tertiary/aromatic N) is 2. The Morgan fingerprint density at radius 1 is 1.03 bits per heavy atom. The van der Waals surface area contributed by atoms with Gasteiger partial charge in [-0.2, -0.15) is 0 Å². The second-order valence-electron chi connectivity index (χ2n) is 9.44. The summed E-state index contributed by atoms with van der Waals surface area (Å²) in [4.78, 5) is 33.0. The number of rotatable bonds is 10. The molecule has 0 aliphatic carbocycles. The number of nitrogens with two attached hydrogens (primary N) is 1. The van der Waals surface area contributed by atoms with Crippen LogP contribution < -0.4 is 15.8 Å². The van der Waals surface area contributed by atoms with Gasteiger partial charge in [0.15, 0.2) is 0 Å². The van der Waals surface area contributed by atoms with Crippen LogP contribution in [0.1, 0.15) is 41.1 Å². The Bertz CT molecular complexity index is 1300. The molecular formula is C28H33N5O4S. The highest BCUT2D eigenvalue weighted by atomic mass is 32.2. The first-order chi connectivity index (χ1) is 18.3. The number of nitrogens with one attached hydrogen (secondary N) is 2. The monoisotopic (exact) mass is 535 g/mol. The van der Waals surface area contributed by atoms with E-state index in [0.29, 0.717) is 25.9 Å². The van der Waals surface area contributed by atoms with Gasteiger partial charge in [0.05, 0.1) is 11.9 Å². The van der Waals surface area contributed by atoms with Gasteiger partial charge in [-0.25, -0.2) is 13.1 Å². The lowest BCUT2D eigenvalue weighted by molar-refractivity contribution is -0.140. The fraction of sp³-hybridized carbons (Fsp3) is 0.321. The molecule has 2 heterocycles. The van der Waals surface area contributed by atoms with Crippen molar-refractivity contribution >= 4 is 21.8 Å². The van der Waals surface area contributed by atoms with Gasteiger partial charge in [-0.05, 0) is 35.6 Å². The molecule has 9 nitrogen and oxygen atoms in total. The summed E-state index contributed by atoms with van der Waals surface area (Å²) < 4.78 is 27.5. The van der Waals surface area contributed by atoms with Crippen LogP contribution in [0.4, 0.5) is 0 Å². The quantitative estimate of drug-likeness (QED) is 0.363. The van der Waals surface area contributed by atoms with Crippen molar-refractivity contribution in [3.63, 3.8) is 0 Å². The van der Waals surface area contributed by atoms with E-state index < -0.39 is 33.9 Å². The normalized spacial score (nSPS) is 16.4. The summed E-state index contributed by atoms with van der Waals surface area (Å²) in [7, 11) is -3.76. The Labute approximate surface area is 223 Å². The van der Waals surface area contributed by atoms with E-state index in [1.165, 1.54) is 4.90 Å². The second-order valence-corrected chi connectivity index (χ2v) is 11.2. The van der Waals surface area contributed by atoms with Crippen LogP contribution in [-0.4, -0.2) is 55.0 Å². The Kier molecular flexibility index (Phi) is 8.88. The number of amides is 2. The molecular weight excluding hydrogens is 502 g/mol. The first kappa shape index (κ1) is 27.4. The molecule has 0 spiro atoms. The van der Waals surface area contributed by atoms with Crippen LogP contribution in [0.15, 0.2) is 79.0 Å². The summed E-state index contributed by atoms with van der Waals surface area (Å²) in [5, 5.41) is 2.90. The molecule has 1 aromatic heterocycles. The number of benzene rings is 2. The predicted octanol–water partition coefficient (Wildman–Crippen LogP) is 1.90. The molecule has 4 rings (SSSR count). The molecule has 1 aliphatic heterocycles. The molecule has 1 fully saturated rings. The molecule has 10 heteroatoms. The number of carbonyl (C=O) groups excluding carboxylic acids is 2. The number of aromatic nitrogens is 1. The minimum atomic E-state index is -3.76. The molecule has 0 unspecified atom stereocenters. The van der Waals surface area contributed by atoms with Crippen molar-refractivity contribution in [3.8, 4) is 0 Å². The molecule has 4 N–H and O–H groups in total. The smallest absolute Gasteiger partial charge is 0.243 e. The highest BCUT2D eigenvalue weighted by molar-refractivity contribution is 7.88. The van der Waals surface area contributed by atoms with Crippen molar-refractivity contribution in [3.05, 3.63) is 101 Å². The average Bonchev–Trinajstić information content (AvgIpc) is 3.42. The van der Waals surface area contributed by atoms with Crippen molar-refractivity contribution < 1.29 is 18.0 Å². The van der Waals surface area contributed by atoms with Crippen LogP contribution in [0, 0.1) is 0 Å². The molecule has 0 radical (unpaired) electrons. The van der Waals surface area contributed by atoms with Crippen LogP contribution in [0.5, 0.6) is 0 Å². The number of hydrogen-bond donors (Lipinski definition) is 3. The van der Waals surface area contributed by atoms with Crippen LogP contribution in [0.3, 0.4) is 0 Å². The molecule has 200 valence electrons. The predicted molar refractivity (Wildman–Crippen MR) is 145 cm³/mol. The number of pyridine rings is 1. The fourth-order valence-electron chi connectivity index (χ4n) is 4.86. The topological polar surface area (TPSA) is 134 Å². The Hall–Kier alpha value is -3.60. The number of likely N-dealkylation sites (tertiary alicyclic amines) is 1. The highest BCUT2D eigenvalue weighted by Crippen LogP contribution is 2.31. The maximum atomic E-state index is 14.1. The third-order valence-electron chi connectivity index (χ3n) is 6.66. The third-order valence-corrected chi connectivity index (χ3v) is 7.34. The molecule has 1 aliphatic rings. The van der Waals surface area contributed by atoms with E-state index in [1.54, 1.807) is 6.20 Å². The van der Waals surface area contributed by atoms with Crippen LogP contribution in [-0.2, 0) is 32.7 Å². The summed E-state index contributed by atoms with van der Waals surface area (Å²) in [6.45, 7) is 0.959. The minimum absolute atomic E-state index is 0.261. The summed E-state index contributed by atoms with van der Waals surface area (Å²) in [5.41, 5.74) is 8.75. The second kappa shape index (κ2) is 12.3. The van der Waals surface area contributed by atoms with E-state index in [4.69, 9.17) is 5.73 Å². The SMILES string of the molecule is CS(=O)(=O)N[C@@H](C(=O)N1CCC[C@H]1C(=O)NCc1ccc(CN)nc1)C(c1ccccc1)c1ccccc1. The minimum Gasteiger partial charge on any atom is -0.350 e. The molecule has 38 heavy (non-hydrogen) atoms. The molecule has 1 saturated heterocycles. The van der Waals surface area contributed by atoms with Gasteiger partial charge in [0.2, 0.25) is 21.8 Å². The van der Waals surface area contributed by atoms with Crippen LogP contribution in [0.25, 0.3) is 0 Å². The summed E-state index contributed by atoms with van der Waals surface area (Å²) in [5.74, 6) is -1.30. The van der Waals surface area contributed by atoms with Gasteiger partial charge >= 0.3 is 0 Å². The highest BCUT2D eigenvalue weighted by Gasteiger charge is 2.41. The lowest BCUT2D eigenvalue weighted by atomic mass is 9.84. The van der Waals surface area contributed by atoms with Gasteiger partial charge in [0.25, 0.3) is 0 Å². The first-order valence-electron chi connectivity index (χ1n) is 12.6.